The molecule has 0 heterocycles. The monoisotopic (exact) mass is 267 g/mol. The minimum atomic E-state index is 0.181. The van der Waals surface area contributed by atoms with Crippen LogP contribution in [-0.4, -0.2) is 0 Å². The van der Waals surface area contributed by atoms with Crippen molar-refractivity contribution in [1.82, 2.24) is 0 Å². The summed E-state index contributed by atoms with van der Waals surface area (Å²) >= 11 is 0. The minimum Gasteiger partial charge on any atom is -0.192 e. The van der Waals surface area contributed by atoms with Crippen LogP contribution in [0.3, 0.4) is 0 Å². The molecule has 98 valence electrons. The summed E-state index contributed by atoms with van der Waals surface area (Å²) in [5.74, 6) is 0.181. The number of hydrogen-bond acceptors (Lipinski definition) is 1. The third-order valence-electron chi connectivity index (χ3n) is 4.17. The smallest absolute Gasteiger partial charge is 0.0995 e. The lowest BCUT2D eigenvalue weighted by Gasteiger charge is -2.14. The molecule has 1 nitrogen and oxygen atoms in total. The fourth-order valence-corrected chi connectivity index (χ4v) is 3.13. The van der Waals surface area contributed by atoms with Crippen LogP contribution in [0.4, 0.5) is 0 Å². The zero-order chi connectivity index (χ0) is 14.2. The summed E-state index contributed by atoms with van der Waals surface area (Å²) < 4.78 is 0. The van der Waals surface area contributed by atoms with Crippen LogP contribution in [0, 0.1) is 11.3 Å². The van der Waals surface area contributed by atoms with Gasteiger partial charge in [0.25, 0.3) is 0 Å². The molecule has 1 heteroatoms. The summed E-state index contributed by atoms with van der Waals surface area (Å²) in [6.45, 7) is 0. The lowest BCUT2D eigenvalue weighted by molar-refractivity contribution is 1.05. The first-order chi connectivity index (χ1) is 10.4. The molecule has 21 heavy (non-hydrogen) atoms. The molecule has 0 aliphatic heterocycles. The maximum atomic E-state index is 9.51. The first kappa shape index (κ1) is 11.9. The molecule has 0 bridgehead atoms. The van der Waals surface area contributed by atoms with Gasteiger partial charge in [0.1, 0.15) is 0 Å². The van der Waals surface area contributed by atoms with Crippen molar-refractivity contribution in [1.29, 1.82) is 5.26 Å². The Hall–Kier alpha value is -2.85. The molecule has 0 amide bonds. The zero-order valence-corrected chi connectivity index (χ0v) is 11.5. The first-order valence-corrected chi connectivity index (χ1v) is 7.07. The van der Waals surface area contributed by atoms with Gasteiger partial charge in [0.15, 0.2) is 0 Å². The van der Waals surface area contributed by atoms with Crippen molar-refractivity contribution in [2.75, 3.05) is 0 Å². The second-order valence-corrected chi connectivity index (χ2v) is 5.36. The third-order valence-corrected chi connectivity index (χ3v) is 4.17. The molecule has 0 spiro atoms. The largest absolute Gasteiger partial charge is 0.192 e. The van der Waals surface area contributed by atoms with Gasteiger partial charge in [0.05, 0.1) is 11.6 Å². The van der Waals surface area contributed by atoms with Crippen molar-refractivity contribution in [3.63, 3.8) is 0 Å². The Morgan fingerprint density at radius 3 is 2.33 bits per heavy atom. The normalized spacial score (nSPS) is 15.9. The van der Waals surface area contributed by atoms with Crippen LogP contribution < -0.4 is 0 Å². The van der Waals surface area contributed by atoms with E-state index in [0.29, 0.717) is 0 Å². The topological polar surface area (TPSA) is 23.8 Å². The Bertz CT molecular complexity index is 913. The van der Waals surface area contributed by atoms with Gasteiger partial charge in [-0.2, -0.15) is 5.26 Å². The predicted molar refractivity (Wildman–Crippen MR) is 86.0 cm³/mol. The number of rotatable bonds is 1. The van der Waals surface area contributed by atoms with Gasteiger partial charge in [0, 0.05) is 5.92 Å². The van der Waals surface area contributed by atoms with E-state index in [-0.39, 0.29) is 5.92 Å². The van der Waals surface area contributed by atoms with Crippen LogP contribution in [0.15, 0.2) is 66.7 Å². The molecular formula is C20H13N. The second-order valence-electron chi connectivity index (χ2n) is 5.36. The van der Waals surface area contributed by atoms with Gasteiger partial charge in [-0.25, -0.2) is 0 Å². The van der Waals surface area contributed by atoms with Gasteiger partial charge in [0.2, 0.25) is 0 Å². The summed E-state index contributed by atoms with van der Waals surface area (Å²) in [6.07, 6.45) is 4.34. The molecule has 0 radical (unpaired) electrons. The molecule has 1 aliphatic rings. The van der Waals surface area contributed by atoms with E-state index in [0.717, 1.165) is 16.5 Å². The highest BCUT2D eigenvalue weighted by atomic mass is 14.3. The highest BCUT2D eigenvalue weighted by Crippen LogP contribution is 2.37. The maximum Gasteiger partial charge on any atom is 0.0995 e. The molecule has 0 aromatic heterocycles. The molecule has 1 atom stereocenters. The van der Waals surface area contributed by atoms with Gasteiger partial charge < -0.3 is 0 Å². The van der Waals surface area contributed by atoms with Gasteiger partial charge in [-0.1, -0.05) is 60.7 Å². The van der Waals surface area contributed by atoms with E-state index in [1.807, 2.05) is 18.2 Å². The van der Waals surface area contributed by atoms with Gasteiger partial charge in [-0.15, -0.1) is 0 Å². The number of nitrogens with zero attached hydrogens (tertiary/aromatic N) is 1. The van der Waals surface area contributed by atoms with Crippen LogP contribution >= 0.6 is 0 Å². The van der Waals surface area contributed by atoms with Crippen molar-refractivity contribution >= 4 is 16.8 Å². The molecule has 4 rings (SSSR count). The number of allylic oxidation sites excluding steroid dienone is 1. The van der Waals surface area contributed by atoms with Gasteiger partial charge in [-0.3, -0.25) is 0 Å². The van der Waals surface area contributed by atoms with Crippen molar-refractivity contribution in [2.24, 2.45) is 0 Å². The number of benzene rings is 3. The van der Waals surface area contributed by atoms with Crippen molar-refractivity contribution in [3.05, 3.63) is 89.0 Å². The molecule has 0 N–H and O–H groups in total. The van der Waals surface area contributed by atoms with Crippen LogP contribution in [-0.2, 0) is 0 Å². The van der Waals surface area contributed by atoms with E-state index in [1.165, 1.54) is 16.5 Å². The van der Waals surface area contributed by atoms with Crippen LogP contribution in [0.5, 0.6) is 0 Å². The average Bonchev–Trinajstić information content (AvgIpc) is 2.97. The van der Waals surface area contributed by atoms with Crippen LogP contribution in [0.2, 0.25) is 0 Å². The first-order valence-electron chi connectivity index (χ1n) is 7.07. The molecule has 0 saturated carbocycles. The quantitative estimate of drug-likeness (QED) is 0.617. The number of nitriles is 1. The third kappa shape index (κ3) is 1.85. The summed E-state index contributed by atoms with van der Waals surface area (Å²) in [5, 5.41) is 11.8. The van der Waals surface area contributed by atoms with Crippen LogP contribution in [0.1, 0.15) is 28.2 Å². The standard InChI is InChI=1S/C20H13N/c21-13-17-11-15-6-1-2-7-16(15)12-20(17)19-10-9-14-5-3-4-8-18(14)19/h1-12,19H. The molecule has 1 unspecified atom stereocenters. The lowest BCUT2D eigenvalue weighted by atomic mass is 9.88. The highest BCUT2D eigenvalue weighted by molar-refractivity contribution is 5.85. The molecule has 3 aromatic rings. The van der Waals surface area contributed by atoms with E-state index >= 15 is 0 Å². The zero-order valence-electron chi connectivity index (χ0n) is 11.5. The lowest BCUT2D eigenvalue weighted by Crippen LogP contribution is -1.99. The van der Waals surface area contributed by atoms with Crippen molar-refractivity contribution < 1.29 is 0 Å². The second kappa shape index (κ2) is 4.61. The minimum absolute atomic E-state index is 0.181. The SMILES string of the molecule is N#Cc1cc2ccccc2cc1C1C=Cc2ccccc21. The van der Waals surface area contributed by atoms with E-state index in [9.17, 15) is 5.26 Å². The Balaban J connectivity index is 1.95. The Morgan fingerprint density at radius 1 is 0.810 bits per heavy atom. The highest BCUT2D eigenvalue weighted by Gasteiger charge is 2.21. The summed E-state index contributed by atoms with van der Waals surface area (Å²) in [4.78, 5) is 0. The van der Waals surface area contributed by atoms with Gasteiger partial charge >= 0.3 is 0 Å². The molecule has 1 aliphatic carbocycles. The molecular weight excluding hydrogens is 254 g/mol. The van der Waals surface area contributed by atoms with E-state index in [4.69, 9.17) is 0 Å². The summed E-state index contributed by atoms with van der Waals surface area (Å²) in [7, 11) is 0. The summed E-state index contributed by atoms with van der Waals surface area (Å²) in [6, 6.07) is 23.1. The number of hydrogen-bond donors (Lipinski definition) is 0. The Morgan fingerprint density at radius 2 is 1.52 bits per heavy atom. The van der Waals surface area contributed by atoms with E-state index < -0.39 is 0 Å². The predicted octanol–water partition coefficient (Wildman–Crippen LogP) is 4.87. The summed E-state index contributed by atoms with van der Waals surface area (Å²) in [5.41, 5.74) is 4.39. The van der Waals surface area contributed by atoms with Gasteiger partial charge in [-0.05, 0) is 39.6 Å². The van der Waals surface area contributed by atoms with E-state index in [1.54, 1.807) is 0 Å². The fourth-order valence-electron chi connectivity index (χ4n) is 3.13. The van der Waals surface area contributed by atoms with Crippen LogP contribution in [0.25, 0.3) is 16.8 Å². The van der Waals surface area contributed by atoms with Crippen molar-refractivity contribution in [2.45, 2.75) is 5.92 Å². The molecule has 3 aromatic carbocycles. The van der Waals surface area contributed by atoms with Crippen molar-refractivity contribution in [3.8, 4) is 6.07 Å². The average molecular weight is 267 g/mol. The van der Waals surface area contributed by atoms with E-state index in [2.05, 4.69) is 60.7 Å². The Labute approximate surface area is 123 Å². The molecule has 0 saturated heterocycles. The Kier molecular flexibility index (Phi) is 2.62. The molecule has 0 fully saturated rings. The number of fused-ring (bicyclic) bond motifs is 2. The fraction of sp³-hybridized carbons (Fsp3) is 0.0500. The maximum absolute atomic E-state index is 9.51.